The number of hydrogen-bond acceptors (Lipinski definition) is 2. The van der Waals surface area contributed by atoms with Crippen LogP contribution in [-0.2, 0) is 4.79 Å². The predicted molar refractivity (Wildman–Crippen MR) is 79.4 cm³/mol. The Hall–Kier alpha value is -0.640. The molecule has 1 aliphatic carbocycles. The smallest absolute Gasteiger partial charge is 0.233 e. The van der Waals surface area contributed by atoms with E-state index in [9.17, 15) is 4.79 Å². The Labute approximate surface area is 116 Å². The lowest BCUT2D eigenvalue weighted by molar-refractivity contribution is -0.129. The number of rotatable bonds is 4. The van der Waals surface area contributed by atoms with Crippen molar-refractivity contribution in [2.45, 2.75) is 71.3 Å². The Morgan fingerprint density at radius 2 is 1.78 bits per heavy atom. The molecule has 0 spiro atoms. The van der Waals surface area contributed by atoms with Gasteiger partial charge in [-0.25, -0.2) is 0 Å². The normalized spacial score (nSPS) is 19.9. The fraction of sp³-hybridized carbons (Fsp3) is 0.857. The Kier molecular flexibility index (Phi) is 5.14. The lowest BCUT2D eigenvalue weighted by Crippen LogP contribution is -2.54. The van der Waals surface area contributed by atoms with E-state index in [0.717, 1.165) is 32.1 Å². The van der Waals surface area contributed by atoms with Crippen LogP contribution in [-0.4, -0.2) is 16.4 Å². The summed E-state index contributed by atoms with van der Waals surface area (Å²) >= 11 is 5.21. The summed E-state index contributed by atoms with van der Waals surface area (Å²) in [5.74, 6) is 0.0313. The van der Waals surface area contributed by atoms with Crippen molar-refractivity contribution in [2.75, 3.05) is 0 Å². The highest BCUT2D eigenvalue weighted by Crippen LogP contribution is 2.36. The lowest BCUT2D eigenvalue weighted by Gasteiger charge is -2.35. The van der Waals surface area contributed by atoms with Crippen LogP contribution in [0.3, 0.4) is 0 Å². The highest BCUT2D eigenvalue weighted by Gasteiger charge is 2.42. The van der Waals surface area contributed by atoms with E-state index in [1.165, 1.54) is 12.8 Å². The van der Waals surface area contributed by atoms with Gasteiger partial charge in [-0.2, -0.15) is 0 Å². The van der Waals surface area contributed by atoms with Crippen molar-refractivity contribution in [2.24, 2.45) is 11.1 Å². The first kappa shape index (κ1) is 15.4. The summed E-state index contributed by atoms with van der Waals surface area (Å²) in [7, 11) is 0. The van der Waals surface area contributed by atoms with Crippen LogP contribution >= 0.6 is 12.2 Å². The van der Waals surface area contributed by atoms with E-state index in [2.05, 4.69) is 12.2 Å². The average molecular weight is 270 g/mol. The van der Waals surface area contributed by atoms with Gasteiger partial charge in [0, 0.05) is 5.54 Å². The lowest BCUT2D eigenvalue weighted by atomic mass is 9.78. The Bertz CT molecular complexity index is 318. The van der Waals surface area contributed by atoms with Gasteiger partial charge in [0.15, 0.2) is 0 Å². The molecule has 18 heavy (non-hydrogen) atoms. The van der Waals surface area contributed by atoms with Crippen molar-refractivity contribution in [3.8, 4) is 0 Å². The van der Waals surface area contributed by atoms with E-state index in [-0.39, 0.29) is 11.4 Å². The fourth-order valence-corrected chi connectivity index (χ4v) is 2.73. The van der Waals surface area contributed by atoms with E-state index in [4.69, 9.17) is 18.0 Å². The molecule has 0 radical (unpaired) electrons. The monoisotopic (exact) mass is 270 g/mol. The maximum Gasteiger partial charge on any atom is 0.233 e. The van der Waals surface area contributed by atoms with Crippen LogP contribution in [0, 0.1) is 5.41 Å². The Balaban J connectivity index is 2.90. The van der Waals surface area contributed by atoms with Crippen LogP contribution < -0.4 is 11.1 Å². The summed E-state index contributed by atoms with van der Waals surface area (Å²) in [4.78, 5) is 13.0. The molecule has 0 unspecified atom stereocenters. The number of carbonyl (C=O) groups excluding carboxylic acids is 1. The largest absolute Gasteiger partial charge is 0.392 e. The second kappa shape index (κ2) is 6.00. The number of nitrogens with two attached hydrogens (primary N) is 1. The molecule has 0 saturated heterocycles. The SMILES string of the molecule is CCC(C)(C)NC(=O)C1(C(N)=S)CCCCCC1. The van der Waals surface area contributed by atoms with E-state index in [1.807, 2.05) is 13.8 Å². The van der Waals surface area contributed by atoms with Gasteiger partial charge in [-0.15, -0.1) is 0 Å². The molecule has 0 bridgehead atoms. The molecule has 0 aliphatic heterocycles. The highest BCUT2D eigenvalue weighted by atomic mass is 32.1. The molecule has 0 aromatic carbocycles. The molecular weight excluding hydrogens is 244 g/mol. The zero-order valence-corrected chi connectivity index (χ0v) is 12.7. The third-order valence-corrected chi connectivity index (χ3v) is 4.59. The molecule has 3 N–H and O–H groups in total. The number of thiocarbonyl (C=S) groups is 1. The molecule has 3 nitrogen and oxygen atoms in total. The third-order valence-electron chi connectivity index (χ3n) is 4.20. The van der Waals surface area contributed by atoms with Gasteiger partial charge >= 0.3 is 0 Å². The van der Waals surface area contributed by atoms with E-state index in [0.29, 0.717) is 4.99 Å². The first-order chi connectivity index (χ1) is 8.34. The first-order valence-corrected chi connectivity index (χ1v) is 7.37. The molecule has 0 atom stereocenters. The summed E-state index contributed by atoms with van der Waals surface area (Å²) in [6.07, 6.45) is 6.92. The maximum absolute atomic E-state index is 12.6. The van der Waals surface area contributed by atoms with Crippen LogP contribution in [0.15, 0.2) is 0 Å². The zero-order valence-electron chi connectivity index (χ0n) is 11.8. The van der Waals surface area contributed by atoms with E-state index < -0.39 is 5.41 Å². The van der Waals surface area contributed by atoms with Crippen molar-refractivity contribution in [1.29, 1.82) is 0 Å². The second-order valence-electron chi connectivity index (χ2n) is 6.05. The molecule has 0 aromatic rings. The quantitative estimate of drug-likeness (QED) is 0.610. The third kappa shape index (κ3) is 3.44. The van der Waals surface area contributed by atoms with Crippen LogP contribution in [0.1, 0.15) is 65.7 Å². The molecule has 1 aliphatic rings. The van der Waals surface area contributed by atoms with Crippen LogP contribution in [0.25, 0.3) is 0 Å². The molecule has 1 fully saturated rings. The van der Waals surface area contributed by atoms with Crippen molar-refractivity contribution >= 4 is 23.1 Å². The number of nitrogens with one attached hydrogen (secondary N) is 1. The van der Waals surface area contributed by atoms with Gasteiger partial charge in [0.25, 0.3) is 0 Å². The van der Waals surface area contributed by atoms with Crippen molar-refractivity contribution in [1.82, 2.24) is 5.32 Å². The summed E-state index contributed by atoms with van der Waals surface area (Å²) in [6.45, 7) is 6.14. The minimum absolute atomic E-state index is 0.0313. The zero-order chi connectivity index (χ0) is 13.8. The summed E-state index contributed by atoms with van der Waals surface area (Å²) in [5, 5.41) is 3.12. The van der Waals surface area contributed by atoms with Crippen molar-refractivity contribution in [3.05, 3.63) is 0 Å². The summed E-state index contributed by atoms with van der Waals surface area (Å²) in [6, 6.07) is 0. The van der Waals surface area contributed by atoms with Gasteiger partial charge in [0.1, 0.15) is 0 Å². The number of amides is 1. The second-order valence-corrected chi connectivity index (χ2v) is 6.49. The average Bonchev–Trinajstić information content (AvgIpc) is 2.54. The van der Waals surface area contributed by atoms with Crippen LogP contribution in [0.5, 0.6) is 0 Å². The Morgan fingerprint density at radius 3 is 2.17 bits per heavy atom. The molecule has 1 rings (SSSR count). The molecule has 1 amide bonds. The van der Waals surface area contributed by atoms with Gasteiger partial charge in [-0.3, -0.25) is 4.79 Å². The molecule has 104 valence electrons. The maximum atomic E-state index is 12.6. The standard InChI is InChI=1S/C14H26N2OS/c1-4-13(2,3)16-12(17)14(11(15)18)9-7-5-6-8-10-14/h4-10H2,1-3H3,(H2,15,18)(H,16,17). The van der Waals surface area contributed by atoms with Gasteiger partial charge in [0.2, 0.25) is 5.91 Å². The first-order valence-electron chi connectivity index (χ1n) is 6.96. The molecular formula is C14H26N2OS. The van der Waals surface area contributed by atoms with Crippen LogP contribution in [0.4, 0.5) is 0 Å². The summed E-state index contributed by atoms with van der Waals surface area (Å²) < 4.78 is 0. The predicted octanol–water partition coefficient (Wildman–Crippen LogP) is 2.92. The van der Waals surface area contributed by atoms with E-state index in [1.54, 1.807) is 0 Å². The summed E-state index contributed by atoms with van der Waals surface area (Å²) in [5.41, 5.74) is 5.10. The van der Waals surface area contributed by atoms with Crippen LogP contribution in [0.2, 0.25) is 0 Å². The molecule has 0 aromatic heterocycles. The number of hydrogen-bond donors (Lipinski definition) is 2. The van der Waals surface area contributed by atoms with Gasteiger partial charge in [-0.1, -0.05) is 44.8 Å². The number of carbonyl (C=O) groups is 1. The van der Waals surface area contributed by atoms with Gasteiger partial charge in [0.05, 0.1) is 10.4 Å². The van der Waals surface area contributed by atoms with Gasteiger partial charge in [-0.05, 0) is 33.1 Å². The van der Waals surface area contributed by atoms with E-state index >= 15 is 0 Å². The van der Waals surface area contributed by atoms with Gasteiger partial charge < -0.3 is 11.1 Å². The fourth-order valence-electron chi connectivity index (χ4n) is 2.43. The minimum Gasteiger partial charge on any atom is -0.392 e. The molecule has 0 heterocycles. The topological polar surface area (TPSA) is 55.1 Å². The molecule has 1 saturated carbocycles. The minimum atomic E-state index is -0.613. The van der Waals surface area contributed by atoms with Crippen molar-refractivity contribution in [3.63, 3.8) is 0 Å². The highest BCUT2D eigenvalue weighted by molar-refractivity contribution is 7.80. The molecule has 4 heteroatoms. The van der Waals surface area contributed by atoms with Crippen molar-refractivity contribution < 1.29 is 4.79 Å². The Morgan fingerprint density at radius 1 is 1.28 bits per heavy atom.